The highest BCUT2D eigenvalue weighted by Crippen LogP contribution is 2.33. The number of H-pyrrole nitrogens is 1. The highest BCUT2D eigenvalue weighted by Gasteiger charge is 2.39. The van der Waals surface area contributed by atoms with Crippen LogP contribution in [0.5, 0.6) is 5.75 Å². The second kappa shape index (κ2) is 10.1. The van der Waals surface area contributed by atoms with E-state index in [2.05, 4.69) is 15.1 Å². The molecule has 4 heterocycles. The number of carbonyl (C=O) groups excluding carboxylic acids is 1. The van der Waals surface area contributed by atoms with E-state index in [4.69, 9.17) is 21.1 Å². The monoisotopic (exact) mass is 502 g/mol. The summed E-state index contributed by atoms with van der Waals surface area (Å²) in [5.74, 6) is -0.147. The number of ether oxygens (including phenoxy) is 2. The third-order valence-corrected chi connectivity index (χ3v) is 5.84. The van der Waals surface area contributed by atoms with Gasteiger partial charge in [0, 0.05) is 26.2 Å². The number of piperazine rings is 1. The van der Waals surface area contributed by atoms with E-state index in [-0.39, 0.29) is 25.0 Å². The minimum absolute atomic E-state index is 0.0543. The molecule has 4 rings (SSSR count). The van der Waals surface area contributed by atoms with Gasteiger partial charge >= 0.3 is 6.18 Å². The number of nitrogens with one attached hydrogen (secondary N) is 1. The predicted molar refractivity (Wildman–Crippen MR) is 114 cm³/mol. The number of alkyl halides is 3. The van der Waals surface area contributed by atoms with Gasteiger partial charge in [-0.05, 0) is 12.8 Å². The Hall–Kier alpha value is -2.93. The van der Waals surface area contributed by atoms with Crippen molar-refractivity contribution in [1.29, 1.82) is 0 Å². The maximum Gasteiger partial charge on any atom is 0.425 e. The summed E-state index contributed by atoms with van der Waals surface area (Å²) in [4.78, 5) is 36.3. The van der Waals surface area contributed by atoms with Crippen LogP contribution in [0.2, 0.25) is 5.02 Å². The molecular weight excluding hydrogens is 481 g/mol. The topological polar surface area (TPSA) is 114 Å². The van der Waals surface area contributed by atoms with Gasteiger partial charge in [0.1, 0.15) is 6.61 Å². The van der Waals surface area contributed by atoms with E-state index < -0.39 is 29.2 Å². The van der Waals surface area contributed by atoms with Gasteiger partial charge in [0.25, 0.3) is 5.56 Å². The number of carbonyl (C=O) groups is 1. The van der Waals surface area contributed by atoms with Crippen LogP contribution in [0.1, 0.15) is 24.8 Å². The quantitative estimate of drug-likeness (QED) is 0.637. The van der Waals surface area contributed by atoms with Crippen LogP contribution < -0.4 is 15.2 Å². The van der Waals surface area contributed by atoms with Crippen LogP contribution in [0.3, 0.4) is 0 Å². The van der Waals surface area contributed by atoms with Crippen molar-refractivity contribution in [2.24, 2.45) is 0 Å². The molecule has 0 spiro atoms. The summed E-state index contributed by atoms with van der Waals surface area (Å²) in [5.41, 5.74) is -2.81. The predicted octanol–water partition coefficient (Wildman–Crippen LogP) is 1.90. The zero-order chi connectivity index (χ0) is 24.3. The average Bonchev–Trinajstić information content (AvgIpc) is 3.24. The number of anilines is 1. The molecule has 2 aromatic rings. The number of aromatic amines is 1. The first-order valence-electron chi connectivity index (χ1n) is 10.6. The molecule has 0 bridgehead atoms. The minimum atomic E-state index is -4.87. The van der Waals surface area contributed by atoms with Gasteiger partial charge in [-0.2, -0.15) is 18.3 Å². The lowest BCUT2D eigenvalue weighted by Gasteiger charge is -2.35. The summed E-state index contributed by atoms with van der Waals surface area (Å²) in [5, 5.41) is 5.57. The first kappa shape index (κ1) is 24.2. The number of aromatic nitrogens is 4. The molecule has 34 heavy (non-hydrogen) atoms. The number of rotatable bonds is 6. The summed E-state index contributed by atoms with van der Waals surface area (Å²) < 4.78 is 50.3. The number of hydrogen-bond acceptors (Lipinski definition) is 8. The molecule has 1 N–H and O–H groups in total. The SMILES string of the molecule is O=C(CC1CCC(COc2cn[nH]c(=O)c2C(F)(F)F)O1)N1CCN(c2ncc(Cl)cn2)CC1. The Kier molecular flexibility index (Phi) is 7.22. The highest BCUT2D eigenvalue weighted by molar-refractivity contribution is 6.30. The maximum absolute atomic E-state index is 13.1. The van der Waals surface area contributed by atoms with Crippen LogP contribution in [0.4, 0.5) is 19.1 Å². The Morgan fingerprint density at radius 3 is 2.50 bits per heavy atom. The van der Waals surface area contributed by atoms with Gasteiger partial charge in [-0.25, -0.2) is 15.1 Å². The summed E-state index contributed by atoms with van der Waals surface area (Å²) in [6, 6.07) is 0. The van der Waals surface area contributed by atoms with Crippen LogP contribution in [-0.4, -0.2) is 76.0 Å². The van der Waals surface area contributed by atoms with Crippen molar-refractivity contribution in [3.05, 3.63) is 39.5 Å². The van der Waals surface area contributed by atoms with Crippen LogP contribution in [-0.2, 0) is 15.7 Å². The van der Waals surface area contributed by atoms with E-state index in [1.807, 2.05) is 4.90 Å². The smallest absolute Gasteiger partial charge is 0.425 e. The van der Waals surface area contributed by atoms with E-state index in [1.165, 1.54) is 12.4 Å². The Morgan fingerprint density at radius 1 is 1.15 bits per heavy atom. The van der Waals surface area contributed by atoms with Crippen molar-refractivity contribution in [3.8, 4) is 5.75 Å². The largest absolute Gasteiger partial charge is 0.488 e. The first-order chi connectivity index (χ1) is 16.2. The molecule has 0 saturated carbocycles. The van der Waals surface area contributed by atoms with E-state index in [0.717, 1.165) is 6.20 Å². The molecule has 1 amide bonds. The fourth-order valence-corrected chi connectivity index (χ4v) is 4.04. The number of nitrogens with zero attached hydrogens (tertiary/aromatic N) is 5. The summed E-state index contributed by atoms with van der Waals surface area (Å²) in [6.07, 6.45) is -0.569. The van der Waals surface area contributed by atoms with Crippen molar-refractivity contribution in [3.63, 3.8) is 0 Å². The molecule has 2 unspecified atom stereocenters. The van der Waals surface area contributed by atoms with Gasteiger partial charge in [-0.15, -0.1) is 0 Å². The molecule has 2 aliphatic rings. The molecule has 2 aliphatic heterocycles. The van der Waals surface area contributed by atoms with E-state index in [1.54, 1.807) is 10.00 Å². The number of amides is 1. The maximum atomic E-state index is 13.1. The molecule has 10 nitrogen and oxygen atoms in total. The lowest BCUT2D eigenvalue weighted by molar-refractivity contribution is -0.141. The Bertz CT molecular complexity index is 1060. The van der Waals surface area contributed by atoms with Crippen molar-refractivity contribution < 1.29 is 27.4 Å². The Labute approximate surface area is 197 Å². The van der Waals surface area contributed by atoms with Crippen LogP contribution >= 0.6 is 11.6 Å². The van der Waals surface area contributed by atoms with Crippen molar-refractivity contribution in [2.75, 3.05) is 37.7 Å². The highest BCUT2D eigenvalue weighted by atomic mass is 35.5. The summed E-state index contributed by atoms with van der Waals surface area (Å²) >= 11 is 5.81. The lowest BCUT2D eigenvalue weighted by atomic mass is 10.1. The lowest BCUT2D eigenvalue weighted by Crippen LogP contribution is -2.49. The van der Waals surface area contributed by atoms with Crippen LogP contribution in [0, 0.1) is 0 Å². The van der Waals surface area contributed by atoms with Gasteiger partial charge in [-0.1, -0.05) is 11.6 Å². The molecule has 0 aliphatic carbocycles. The average molecular weight is 503 g/mol. The third kappa shape index (κ3) is 5.76. The van der Waals surface area contributed by atoms with Gasteiger partial charge in [0.2, 0.25) is 11.9 Å². The Morgan fingerprint density at radius 2 is 1.82 bits per heavy atom. The molecule has 2 atom stereocenters. The molecule has 14 heteroatoms. The molecular formula is C20H22ClF3N6O4. The molecule has 0 aromatic carbocycles. The standard InChI is InChI=1S/C20H22ClF3N6O4/c21-12-8-25-19(26-9-12)30-5-3-29(4-6-30)16(31)7-13-1-2-14(34-13)11-33-15-10-27-28-18(32)17(15)20(22,23)24/h8-10,13-14H,1-7,11H2,(H,28,32). The zero-order valence-electron chi connectivity index (χ0n) is 17.9. The number of hydrogen-bond donors (Lipinski definition) is 1. The second-order valence-electron chi connectivity index (χ2n) is 7.98. The summed E-state index contributed by atoms with van der Waals surface area (Å²) in [6.45, 7) is 2.01. The molecule has 2 saturated heterocycles. The third-order valence-electron chi connectivity index (χ3n) is 5.65. The summed E-state index contributed by atoms with van der Waals surface area (Å²) in [7, 11) is 0. The van der Waals surface area contributed by atoms with Gasteiger partial charge in [0.05, 0.1) is 42.2 Å². The van der Waals surface area contributed by atoms with Crippen LogP contribution in [0.25, 0.3) is 0 Å². The molecule has 184 valence electrons. The molecule has 0 radical (unpaired) electrons. The van der Waals surface area contributed by atoms with Gasteiger partial charge in [0.15, 0.2) is 11.3 Å². The fourth-order valence-electron chi connectivity index (χ4n) is 3.94. The van der Waals surface area contributed by atoms with Crippen molar-refractivity contribution >= 4 is 23.5 Å². The van der Waals surface area contributed by atoms with Gasteiger partial charge < -0.3 is 19.3 Å². The fraction of sp³-hybridized carbons (Fsp3) is 0.550. The van der Waals surface area contributed by atoms with Crippen molar-refractivity contribution in [2.45, 2.75) is 37.6 Å². The zero-order valence-corrected chi connectivity index (χ0v) is 18.7. The van der Waals surface area contributed by atoms with Gasteiger partial charge in [-0.3, -0.25) is 9.59 Å². The molecule has 2 aromatic heterocycles. The van der Waals surface area contributed by atoms with E-state index in [0.29, 0.717) is 50.0 Å². The van der Waals surface area contributed by atoms with E-state index in [9.17, 15) is 22.8 Å². The molecule has 2 fully saturated rings. The minimum Gasteiger partial charge on any atom is -0.488 e. The van der Waals surface area contributed by atoms with Crippen molar-refractivity contribution in [1.82, 2.24) is 25.1 Å². The first-order valence-corrected chi connectivity index (χ1v) is 11.0. The van der Waals surface area contributed by atoms with E-state index >= 15 is 0 Å². The van der Waals surface area contributed by atoms with Crippen LogP contribution in [0.15, 0.2) is 23.4 Å². The Balaban J connectivity index is 1.23. The normalized spacial score (nSPS) is 21.1. The number of halogens is 4. The second-order valence-corrected chi connectivity index (χ2v) is 8.41.